The molecule has 0 bridgehead atoms. The van der Waals surface area contributed by atoms with Gasteiger partial charge in [-0.15, -0.1) is 0 Å². The summed E-state index contributed by atoms with van der Waals surface area (Å²) in [4.78, 5) is 8.70. The van der Waals surface area contributed by atoms with Crippen molar-refractivity contribution in [3.8, 4) is 0 Å². The number of primary amides is 1. The van der Waals surface area contributed by atoms with Gasteiger partial charge in [0.2, 0.25) is 0 Å². The summed E-state index contributed by atoms with van der Waals surface area (Å²) in [5.74, 6) is -0.775. The fraction of sp³-hybridized carbons (Fsp3) is 0.800. The normalized spacial score (nSPS) is 30.4. The van der Waals surface area contributed by atoms with E-state index in [0.29, 0.717) is 12.8 Å². The van der Waals surface area contributed by atoms with Gasteiger partial charge in [0.05, 0.1) is 6.54 Å². The van der Waals surface area contributed by atoms with Gasteiger partial charge in [-0.2, -0.15) is 0 Å². The lowest BCUT2D eigenvalue weighted by atomic mass is 10.2. The number of amides is 1. The van der Waals surface area contributed by atoms with Crippen molar-refractivity contribution < 1.29 is 9.60 Å². The number of nitrogens with zero attached hydrogens (tertiary/aromatic N) is 1. The highest BCUT2D eigenvalue weighted by Gasteiger charge is 2.32. The SMILES string of the molecule is NC(=O)C1CCC[N+]1([O-])[O-]. The van der Waals surface area contributed by atoms with Crippen molar-refractivity contribution in [2.24, 2.45) is 5.73 Å². The second kappa shape index (κ2) is 2.19. The van der Waals surface area contributed by atoms with Crippen LogP contribution in [0.4, 0.5) is 0 Å². The van der Waals surface area contributed by atoms with E-state index < -0.39 is 16.8 Å². The van der Waals surface area contributed by atoms with Crippen LogP contribution in [0.15, 0.2) is 0 Å². The predicted octanol–water partition coefficient (Wildman–Crippen LogP) is -0.553. The van der Waals surface area contributed by atoms with Crippen LogP contribution < -0.4 is 5.73 Å². The number of rotatable bonds is 1. The first-order valence-corrected chi connectivity index (χ1v) is 3.13. The third kappa shape index (κ3) is 1.11. The number of hydrogen-bond donors (Lipinski definition) is 1. The number of carbonyl (C=O) groups is 1. The zero-order valence-corrected chi connectivity index (χ0v) is 5.45. The second-order valence-electron chi connectivity index (χ2n) is 2.51. The molecule has 5 nitrogen and oxygen atoms in total. The first kappa shape index (κ1) is 7.46. The van der Waals surface area contributed by atoms with Crippen LogP contribution in [0.1, 0.15) is 12.8 Å². The van der Waals surface area contributed by atoms with Gasteiger partial charge in [0, 0.05) is 12.8 Å². The molecule has 0 aromatic heterocycles. The van der Waals surface area contributed by atoms with Crippen LogP contribution in [0, 0.1) is 10.4 Å². The molecule has 1 amide bonds. The molecule has 1 aliphatic heterocycles. The fourth-order valence-electron chi connectivity index (χ4n) is 1.19. The van der Waals surface area contributed by atoms with Gasteiger partial charge in [-0.1, -0.05) is 0 Å². The molecule has 58 valence electrons. The van der Waals surface area contributed by atoms with Crippen LogP contribution in [0.2, 0.25) is 0 Å². The minimum absolute atomic E-state index is 0.0341. The molecule has 10 heavy (non-hydrogen) atoms. The highest BCUT2D eigenvalue weighted by Crippen LogP contribution is 2.23. The monoisotopic (exact) mass is 145 g/mol. The Morgan fingerprint density at radius 2 is 2.20 bits per heavy atom. The predicted molar refractivity (Wildman–Crippen MR) is 34.1 cm³/mol. The van der Waals surface area contributed by atoms with E-state index in [1.54, 1.807) is 0 Å². The third-order valence-electron chi connectivity index (χ3n) is 1.75. The Hall–Kier alpha value is -0.650. The molecule has 0 radical (unpaired) electrons. The van der Waals surface area contributed by atoms with Gasteiger partial charge in [-0.05, 0) is 0 Å². The molecule has 1 aliphatic rings. The minimum atomic E-state index is -1.73. The lowest BCUT2D eigenvalue weighted by Crippen LogP contribution is -2.47. The van der Waals surface area contributed by atoms with E-state index in [1.165, 1.54) is 0 Å². The van der Waals surface area contributed by atoms with Gasteiger partial charge in [0.25, 0.3) is 5.91 Å². The van der Waals surface area contributed by atoms with E-state index in [-0.39, 0.29) is 6.54 Å². The van der Waals surface area contributed by atoms with Crippen molar-refractivity contribution in [2.75, 3.05) is 6.54 Å². The van der Waals surface area contributed by atoms with Gasteiger partial charge in [-0.3, -0.25) is 4.79 Å². The Bertz CT molecular complexity index is 157. The first-order chi connectivity index (χ1) is 4.54. The van der Waals surface area contributed by atoms with E-state index in [0.717, 1.165) is 0 Å². The molecule has 1 unspecified atom stereocenters. The van der Waals surface area contributed by atoms with Gasteiger partial charge >= 0.3 is 0 Å². The molecule has 0 aromatic carbocycles. The summed E-state index contributed by atoms with van der Waals surface area (Å²) >= 11 is 0. The minimum Gasteiger partial charge on any atom is -0.631 e. The highest BCUT2D eigenvalue weighted by atomic mass is 16.8. The van der Waals surface area contributed by atoms with Crippen LogP contribution in [-0.4, -0.2) is 23.3 Å². The maximum absolute atomic E-state index is 10.8. The molecule has 0 saturated carbocycles. The zero-order valence-electron chi connectivity index (χ0n) is 5.45. The quantitative estimate of drug-likeness (QED) is 0.396. The van der Waals surface area contributed by atoms with Crippen molar-refractivity contribution in [3.05, 3.63) is 10.4 Å². The van der Waals surface area contributed by atoms with E-state index in [1.807, 2.05) is 0 Å². The molecule has 0 aromatic rings. The molecule has 1 rings (SSSR count). The largest absolute Gasteiger partial charge is 0.631 e. The smallest absolute Gasteiger partial charge is 0.276 e. The van der Waals surface area contributed by atoms with E-state index >= 15 is 0 Å². The van der Waals surface area contributed by atoms with Crippen LogP contribution in [0.25, 0.3) is 0 Å². The summed E-state index contributed by atoms with van der Waals surface area (Å²) in [6.45, 7) is -0.0341. The molecule has 1 heterocycles. The van der Waals surface area contributed by atoms with Crippen LogP contribution in [0.3, 0.4) is 0 Å². The summed E-state index contributed by atoms with van der Waals surface area (Å²) in [7, 11) is 0. The summed E-state index contributed by atoms with van der Waals surface area (Å²) < 4.78 is 0. The number of carbonyl (C=O) groups excluding carboxylic acids is 1. The van der Waals surface area contributed by atoms with Gasteiger partial charge in [0.15, 0.2) is 6.04 Å². The standard InChI is InChI=1S/C5H9N2O3/c6-5(8)4-2-1-3-7(4,9)10/h4H,1-3H2,(H2,6,8)/q-1. The van der Waals surface area contributed by atoms with Gasteiger partial charge < -0.3 is 21.0 Å². The van der Waals surface area contributed by atoms with Gasteiger partial charge in [0.1, 0.15) is 0 Å². The maximum Gasteiger partial charge on any atom is 0.276 e. The van der Waals surface area contributed by atoms with Crippen molar-refractivity contribution in [1.29, 1.82) is 0 Å². The number of nitrogens with two attached hydrogens (primary N) is 1. The Morgan fingerprint density at radius 1 is 1.60 bits per heavy atom. The van der Waals surface area contributed by atoms with Crippen molar-refractivity contribution in [1.82, 2.24) is 0 Å². The van der Waals surface area contributed by atoms with Crippen molar-refractivity contribution >= 4 is 5.91 Å². The lowest BCUT2D eigenvalue weighted by molar-refractivity contribution is -0.833. The Morgan fingerprint density at radius 3 is 2.40 bits per heavy atom. The van der Waals surface area contributed by atoms with E-state index in [4.69, 9.17) is 5.73 Å². The van der Waals surface area contributed by atoms with Crippen LogP contribution in [-0.2, 0) is 4.79 Å². The Kier molecular flexibility index (Phi) is 1.63. The number of quaternary nitrogens is 1. The molecule has 0 spiro atoms. The Labute approximate surface area is 58.2 Å². The van der Waals surface area contributed by atoms with Gasteiger partial charge in [-0.25, -0.2) is 0 Å². The second-order valence-corrected chi connectivity index (χ2v) is 2.51. The Balaban J connectivity index is 2.68. The van der Waals surface area contributed by atoms with Crippen LogP contribution >= 0.6 is 0 Å². The molecule has 1 saturated heterocycles. The first-order valence-electron chi connectivity index (χ1n) is 3.13. The van der Waals surface area contributed by atoms with E-state index in [9.17, 15) is 15.2 Å². The molecule has 1 fully saturated rings. The summed E-state index contributed by atoms with van der Waals surface area (Å²) in [5, 5.41) is 21.5. The van der Waals surface area contributed by atoms with Crippen molar-refractivity contribution in [3.63, 3.8) is 0 Å². The fourth-order valence-corrected chi connectivity index (χ4v) is 1.19. The highest BCUT2D eigenvalue weighted by molar-refractivity contribution is 5.78. The summed E-state index contributed by atoms with van der Waals surface area (Å²) in [5.41, 5.74) is 4.82. The van der Waals surface area contributed by atoms with Crippen molar-refractivity contribution in [2.45, 2.75) is 18.9 Å². The maximum atomic E-state index is 10.8. The molecule has 2 N–H and O–H groups in total. The summed E-state index contributed by atoms with van der Waals surface area (Å²) in [6.07, 6.45) is 0.836. The molecule has 1 atom stereocenters. The molecule has 5 heteroatoms. The van der Waals surface area contributed by atoms with Crippen LogP contribution in [0.5, 0.6) is 0 Å². The average molecular weight is 145 g/mol. The topological polar surface area (TPSA) is 89.2 Å². The lowest BCUT2D eigenvalue weighted by Gasteiger charge is -2.46. The number of hydroxylamine groups is 4. The average Bonchev–Trinajstić information content (AvgIpc) is 2.08. The zero-order chi connectivity index (χ0) is 7.78. The molecular weight excluding hydrogens is 136 g/mol. The number of hydrogen-bond acceptors (Lipinski definition) is 3. The van der Waals surface area contributed by atoms with E-state index in [2.05, 4.69) is 0 Å². The molecule has 0 aliphatic carbocycles. The summed E-state index contributed by atoms with van der Waals surface area (Å²) in [6, 6.07) is -1.06. The molecular formula is C5H9N2O3-. The third-order valence-corrected chi connectivity index (χ3v) is 1.75.